The lowest BCUT2D eigenvalue weighted by atomic mass is 10.00. The molecule has 6 nitrogen and oxygen atoms in total. The second-order valence-corrected chi connectivity index (χ2v) is 15.7. The van der Waals surface area contributed by atoms with Crippen LogP contribution in [0.1, 0.15) is 234 Å². The maximum Gasteiger partial charge on any atom is 0.306 e. The van der Waals surface area contributed by atoms with Crippen LogP contribution < -0.4 is 0 Å². The van der Waals surface area contributed by atoms with E-state index in [9.17, 15) is 14.4 Å². The van der Waals surface area contributed by atoms with Gasteiger partial charge in [0.05, 0.1) is 0 Å². The van der Waals surface area contributed by atoms with Gasteiger partial charge in [0.15, 0.2) is 6.10 Å². The average Bonchev–Trinajstić information content (AvgIpc) is 3.09. The van der Waals surface area contributed by atoms with Crippen molar-refractivity contribution in [3.63, 3.8) is 0 Å². The minimum absolute atomic E-state index is 0.0661. The van der Waals surface area contributed by atoms with Crippen molar-refractivity contribution in [2.24, 2.45) is 11.8 Å². The minimum Gasteiger partial charge on any atom is -0.462 e. The van der Waals surface area contributed by atoms with E-state index in [1.54, 1.807) is 0 Å². The van der Waals surface area contributed by atoms with Gasteiger partial charge in [-0.1, -0.05) is 195 Å². The number of unbranched alkanes of at least 4 members (excludes halogenated alkanes) is 22. The predicted molar refractivity (Wildman–Crippen MR) is 210 cm³/mol. The second-order valence-electron chi connectivity index (χ2n) is 15.7. The molecule has 0 N–H and O–H groups in total. The molecular weight excluding hydrogens is 624 g/mol. The molecule has 0 saturated carbocycles. The summed E-state index contributed by atoms with van der Waals surface area (Å²) in [6.45, 7) is 11.3. The van der Waals surface area contributed by atoms with E-state index in [0.717, 1.165) is 69.6 Å². The van der Waals surface area contributed by atoms with Crippen molar-refractivity contribution in [3.8, 4) is 0 Å². The normalized spacial score (nSPS) is 12.6. The topological polar surface area (TPSA) is 78.9 Å². The van der Waals surface area contributed by atoms with Gasteiger partial charge in [0.1, 0.15) is 13.2 Å². The van der Waals surface area contributed by atoms with Crippen LogP contribution >= 0.6 is 0 Å². The fourth-order valence-corrected chi connectivity index (χ4v) is 6.37. The maximum absolute atomic E-state index is 12.7. The zero-order valence-corrected chi connectivity index (χ0v) is 34.0. The van der Waals surface area contributed by atoms with Crippen molar-refractivity contribution < 1.29 is 28.6 Å². The first-order chi connectivity index (χ1) is 24.3. The van der Waals surface area contributed by atoms with E-state index in [4.69, 9.17) is 14.2 Å². The van der Waals surface area contributed by atoms with Crippen molar-refractivity contribution in [2.75, 3.05) is 13.2 Å². The van der Waals surface area contributed by atoms with Crippen LogP contribution in [0.5, 0.6) is 0 Å². The molecule has 1 unspecified atom stereocenters. The largest absolute Gasteiger partial charge is 0.462 e. The Morgan fingerprint density at radius 1 is 0.420 bits per heavy atom. The summed E-state index contributed by atoms with van der Waals surface area (Å²) in [5.74, 6) is 0.765. The summed E-state index contributed by atoms with van der Waals surface area (Å²) in [5.41, 5.74) is 0. The SMILES string of the molecule is CCCCCCCCCCCC(=O)OC[C@@H](COC(=O)CCCCCCCCC(C)CC)OC(=O)CCCCCCCCCCCCC(C)C. The second kappa shape index (κ2) is 37.2. The fraction of sp³-hybridized carbons (Fsp3) is 0.932. The molecule has 0 aliphatic heterocycles. The molecule has 0 fully saturated rings. The summed E-state index contributed by atoms with van der Waals surface area (Å²) in [6, 6.07) is 0. The highest BCUT2D eigenvalue weighted by atomic mass is 16.6. The van der Waals surface area contributed by atoms with Crippen molar-refractivity contribution in [1.29, 1.82) is 0 Å². The van der Waals surface area contributed by atoms with Crippen LogP contribution in [0.2, 0.25) is 0 Å². The zero-order valence-electron chi connectivity index (χ0n) is 34.0. The van der Waals surface area contributed by atoms with E-state index in [-0.39, 0.29) is 31.1 Å². The molecule has 0 spiro atoms. The molecule has 2 atom stereocenters. The number of carbonyl (C=O) groups is 3. The molecule has 0 rings (SSSR count). The number of hydrogen-bond acceptors (Lipinski definition) is 6. The van der Waals surface area contributed by atoms with Crippen LogP contribution in [0, 0.1) is 11.8 Å². The van der Waals surface area contributed by atoms with Gasteiger partial charge in [-0.05, 0) is 31.1 Å². The molecule has 0 aliphatic rings. The third kappa shape index (κ3) is 36.2. The third-order valence-corrected chi connectivity index (χ3v) is 10.1. The summed E-state index contributed by atoms with van der Waals surface area (Å²) in [5, 5.41) is 0. The number of rotatable bonds is 38. The lowest BCUT2D eigenvalue weighted by Crippen LogP contribution is -2.30. The summed E-state index contributed by atoms with van der Waals surface area (Å²) in [4.78, 5) is 37.6. The standard InChI is InChI=1S/C44H84O6/c1-6-8-9-10-11-14-18-24-29-34-42(45)48-37-41(38-49-43(46)35-30-25-21-20-23-28-33-40(5)7-2)50-44(47)36-31-26-19-16-13-12-15-17-22-27-32-39(3)4/h39-41H,6-38H2,1-5H3/t40?,41-/m0/s1. The summed E-state index contributed by atoms with van der Waals surface area (Å²) in [6.07, 6.45) is 33.8. The van der Waals surface area contributed by atoms with Gasteiger partial charge < -0.3 is 14.2 Å². The van der Waals surface area contributed by atoms with Crippen molar-refractivity contribution >= 4 is 17.9 Å². The summed E-state index contributed by atoms with van der Waals surface area (Å²) in [7, 11) is 0. The maximum atomic E-state index is 12.7. The van der Waals surface area contributed by atoms with E-state index in [0.29, 0.717) is 19.3 Å². The molecule has 0 aromatic rings. The van der Waals surface area contributed by atoms with Gasteiger partial charge in [0.25, 0.3) is 0 Å². The molecule has 0 radical (unpaired) electrons. The molecule has 296 valence electrons. The molecule has 0 aliphatic carbocycles. The van der Waals surface area contributed by atoms with E-state index >= 15 is 0 Å². The molecule has 0 amide bonds. The van der Waals surface area contributed by atoms with Gasteiger partial charge in [-0.25, -0.2) is 0 Å². The van der Waals surface area contributed by atoms with E-state index in [2.05, 4.69) is 34.6 Å². The molecular formula is C44H84O6. The average molecular weight is 709 g/mol. The van der Waals surface area contributed by atoms with Gasteiger partial charge in [-0.3, -0.25) is 14.4 Å². The van der Waals surface area contributed by atoms with E-state index in [1.807, 2.05) is 0 Å². The van der Waals surface area contributed by atoms with Gasteiger partial charge in [-0.2, -0.15) is 0 Å². The fourth-order valence-electron chi connectivity index (χ4n) is 6.37. The van der Waals surface area contributed by atoms with Gasteiger partial charge in [0, 0.05) is 19.3 Å². The van der Waals surface area contributed by atoms with Gasteiger partial charge in [-0.15, -0.1) is 0 Å². The van der Waals surface area contributed by atoms with Crippen LogP contribution in [-0.4, -0.2) is 37.2 Å². The van der Waals surface area contributed by atoms with Gasteiger partial charge in [0.2, 0.25) is 0 Å². The Hall–Kier alpha value is -1.59. The zero-order chi connectivity index (χ0) is 36.9. The highest BCUT2D eigenvalue weighted by Gasteiger charge is 2.19. The van der Waals surface area contributed by atoms with Crippen molar-refractivity contribution in [2.45, 2.75) is 240 Å². The number of ether oxygens (including phenoxy) is 3. The predicted octanol–water partition coefficient (Wildman–Crippen LogP) is 13.4. The van der Waals surface area contributed by atoms with Crippen LogP contribution in [0.4, 0.5) is 0 Å². The highest BCUT2D eigenvalue weighted by molar-refractivity contribution is 5.71. The van der Waals surface area contributed by atoms with Crippen LogP contribution in [0.25, 0.3) is 0 Å². The quantitative estimate of drug-likeness (QED) is 0.0361. The first kappa shape index (κ1) is 48.4. The first-order valence-corrected chi connectivity index (χ1v) is 21.8. The Bertz CT molecular complexity index is 766. The first-order valence-electron chi connectivity index (χ1n) is 21.8. The van der Waals surface area contributed by atoms with Crippen LogP contribution in [0.15, 0.2) is 0 Å². The van der Waals surface area contributed by atoms with Gasteiger partial charge >= 0.3 is 17.9 Å². The third-order valence-electron chi connectivity index (χ3n) is 10.1. The molecule has 0 aromatic carbocycles. The van der Waals surface area contributed by atoms with Crippen LogP contribution in [-0.2, 0) is 28.6 Å². The van der Waals surface area contributed by atoms with E-state index < -0.39 is 6.10 Å². The summed E-state index contributed by atoms with van der Waals surface area (Å²) < 4.78 is 16.7. The molecule has 50 heavy (non-hydrogen) atoms. The number of hydrogen-bond donors (Lipinski definition) is 0. The Kier molecular flexibility index (Phi) is 36.0. The Morgan fingerprint density at radius 3 is 1.14 bits per heavy atom. The molecule has 0 heterocycles. The van der Waals surface area contributed by atoms with E-state index in [1.165, 1.54) is 122 Å². The number of carbonyl (C=O) groups excluding carboxylic acids is 3. The molecule has 6 heteroatoms. The number of esters is 3. The monoisotopic (exact) mass is 709 g/mol. The Labute approximate surface area is 310 Å². The highest BCUT2D eigenvalue weighted by Crippen LogP contribution is 2.16. The molecule has 0 aromatic heterocycles. The minimum atomic E-state index is -0.760. The Balaban J connectivity index is 4.35. The smallest absolute Gasteiger partial charge is 0.306 e. The molecule has 0 bridgehead atoms. The van der Waals surface area contributed by atoms with Crippen molar-refractivity contribution in [3.05, 3.63) is 0 Å². The van der Waals surface area contributed by atoms with Crippen LogP contribution in [0.3, 0.4) is 0 Å². The lowest BCUT2D eigenvalue weighted by Gasteiger charge is -2.18. The summed E-state index contributed by atoms with van der Waals surface area (Å²) >= 11 is 0. The molecule has 0 saturated heterocycles. The lowest BCUT2D eigenvalue weighted by molar-refractivity contribution is -0.167. The van der Waals surface area contributed by atoms with Crippen molar-refractivity contribution in [1.82, 2.24) is 0 Å². The Morgan fingerprint density at radius 2 is 0.760 bits per heavy atom.